The molecule has 0 aliphatic rings. The van der Waals surface area contributed by atoms with E-state index < -0.39 is 0 Å². The highest BCUT2D eigenvalue weighted by Crippen LogP contribution is 2.41. The second kappa shape index (κ2) is 11.6. The van der Waals surface area contributed by atoms with E-state index in [2.05, 4.69) is 97.9 Å². The van der Waals surface area contributed by atoms with Gasteiger partial charge in [0.25, 0.3) is 0 Å². The van der Waals surface area contributed by atoms with Gasteiger partial charge in [-0.3, -0.25) is 0 Å². The minimum Gasteiger partial charge on any atom is -0.0654 e. The van der Waals surface area contributed by atoms with Crippen LogP contribution in [0.1, 0.15) is 76.7 Å². The number of hydrogen-bond donors (Lipinski definition) is 0. The van der Waals surface area contributed by atoms with E-state index in [4.69, 9.17) is 0 Å². The van der Waals surface area contributed by atoms with Gasteiger partial charge in [0, 0.05) is 0 Å². The van der Waals surface area contributed by atoms with Crippen molar-refractivity contribution in [1.82, 2.24) is 0 Å². The van der Waals surface area contributed by atoms with E-state index in [9.17, 15) is 0 Å². The Morgan fingerprint density at radius 2 is 1.05 bits per heavy atom. The zero-order chi connectivity index (χ0) is 25.7. The van der Waals surface area contributed by atoms with E-state index in [1.807, 2.05) is 0 Å². The fraction of sp³-hybridized carbons (Fsp3) is 0.316. The summed E-state index contributed by atoms with van der Waals surface area (Å²) in [6, 6.07) is 34.3. The van der Waals surface area contributed by atoms with Gasteiger partial charge in [-0.2, -0.15) is 0 Å². The summed E-state index contributed by atoms with van der Waals surface area (Å²) in [5.41, 5.74) is 4.29. The summed E-state index contributed by atoms with van der Waals surface area (Å²) < 4.78 is 0. The van der Waals surface area contributed by atoms with Crippen LogP contribution in [0.25, 0.3) is 54.2 Å². The van der Waals surface area contributed by atoms with Crippen LogP contribution >= 0.6 is 0 Å². The Morgan fingerprint density at radius 1 is 0.447 bits per heavy atom. The molecule has 0 heterocycles. The molecule has 0 radical (unpaired) electrons. The number of aryl methyl sites for hydroxylation is 1. The van der Waals surface area contributed by atoms with Crippen LogP contribution in [0.4, 0.5) is 0 Å². The minimum atomic E-state index is 1.15. The van der Waals surface area contributed by atoms with Crippen LogP contribution in [0.15, 0.2) is 91.0 Å². The van der Waals surface area contributed by atoms with E-state index in [1.165, 1.54) is 124 Å². The Bertz CT molecular complexity index is 1640. The number of hydrogen-bond acceptors (Lipinski definition) is 0. The normalized spacial score (nSPS) is 11.9. The molecule has 0 N–H and O–H groups in total. The molecule has 38 heavy (non-hydrogen) atoms. The largest absolute Gasteiger partial charge is 0.0654 e. The zero-order valence-electron chi connectivity index (χ0n) is 22.9. The minimum absolute atomic E-state index is 1.15. The van der Waals surface area contributed by atoms with Crippen LogP contribution in [0, 0.1) is 0 Å². The maximum absolute atomic E-state index is 2.48. The average molecular weight is 497 g/mol. The van der Waals surface area contributed by atoms with Gasteiger partial charge in [0.15, 0.2) is 0 Å². The number of rotatable bonds is 12. The smallest absolute Gasteiger partial charge is 0.00236 e. The van der Waals surface area contributed by atoms with Crippen molar-refractivity contribution in [2.45, 2.75) is 77.6 Å². The molecule has 0 spiro atoms. The predicted octanol–water partition coefficient (Wildman–Crippen LogP) is 11.9. The molecule has 0 amide bonds. The summed E-state index contributed by atoms with van der Waals surface area (Å²) in [5, 5.41) is 11.0. The van der Waals surface area contributed by atoms with Crippen molar-refractivity contribution >= 4 is 43.1 Å². The van der Waals surface area contributed by atoms with Crippen molar-refractivity contribution in [3.05, 3.63) is 96.6 Å². The molecule has 0 unspecified atom stereocenters. The van der Waals surface area contributed by atoms with Crippen LogP contribution in [0.3, 0.4) is 0 Å². The first-order valence-corrected chi connectivity index (χ1v) is 15.0. The topological polar surface area (TPSA) is 0 Å². The maximum atomic E-state index is 2.48. The molecule has 0 aliphatic heterocycles. The molecule has 0 nitrogen and oxygen atoms in total. The first-order chi connectivity index (χ1) is 18.8. The Labute approximate surface area is 228 Å². The number of fused-ring (bicyclic) bond motifs is 1. The van der Waals surface area contributed by atoms with Crippen molar-refractivity contribution < 1.29 is 0 Å². The van der Waals surface area contributed by atoms with Crippen LogP contribution in [0.5, 0.6) is 0 Å². The third kappa shape index (κ3) is 5.02. The summed E-state index contributed by atoms with van der Waals surface area (Å²) >= 11 is 0. The van der Waals surface area contributed by atoms with Crippen molar-refractivity contribution in [2.24, 2.45) is 0 Å². The molecule has 0 saturated heterocycles. The first-order valence-electron chi connectivity index (χ1n) is 15.0. The van der Waals surface area contributed by atoms with Gasteiger partial charge in [-0.1, -0.05) is 144 Å². The first kappa shape index (κ1) is 24.9. The zero-order valence-corrected chi connectivity index (χ0v) is 22.9. The molecule has 0 aliphatic carbocycles. The van der Waals surface area contributed by atoms with E-state index in [0.29, 0.717) is 0 Å². The lowest BCUT2D eigenvalue weighted by molar-refractivity contribution is 0.556. The van der Waals surface area contributed by atoms with E-state index >= 15 is 0 Å². The van der Waals surface area contributed by atoms with Crippen molar-refractivity contribution in [3.63, 3.8) is 0 Å². The molecule has 6 aromatic rings. The Morgan fingerprint density at radius 3 is 1.82 bits per heavy atom. The number of unbranched alkanes of at least 4 members (excludes halogenated alkanes) is 9. The highest BCUT2D eigenvalue weighted by Gasteiger charge is 2.16. The third-order valence-corrected chi connectivity index (χ3v) is 8.60. The van der Waals surface area contributed by atoms with Crippen LogP contribution in [0.2, 0.25) is 0 Å². The van der Waals surface area contributed by atoms with Crippen molar-refractivity contribution in [3.8, 4) is 11.1 Å². The highest BCUT2D eigenvalue weighted by molar-refractivity contribution is 6.24. The van der Waals surface area contributed by atoms with Crippen LogP contribution < -0.4 is 0 Å². The highest BCUT2D eigenvalue weighted by atomic mass is 14.2. The second-order valence-electron chi connectivity index (χ2n) is 11.3. The summed E-state index contributed by atoms with van der Waals surface area (Å²) in [6.45, 7) is 2.30. The molecule has 0 bridgehead atoms. The molecule has 0 aromatic heterocycles. The molecule has 192 valence electrons. The van der Waals surface area contributed by atoms with Gasteiger partial charge < -0.3 is 0 Å². The van der Waals surface area contributed by atoms with Crippen molar-refractivity contribution in [2.75, 3.05) is 0 Å². The van der Waals surface area contributed by atoms with E-state index in [-0.39, 0.29) is 0 Å². The lowest BCUT2D eigenvalue weighted by atomic mass is 9.85. The third-order valence-electron chi connectivity index (χ3n) is 8.60. The van der Waals surface area contributed by atoms with Gasteiger partial charge >= 0.3 is 0 Å². The molecular weight excluding hydrogens is 456 g/mol. The van der Waals surface area contributed by atoms with Gasteiger partial charge in [0.05, 0.1) is 0 Å². The van der Waals surface area contributed by atoms with E-state index in [1.54, 1.807) is 0 Å². The van der Waals surface area contributed by atoms with Gasteiger partial charge in [-0.25, -0.2) is 0 Å². The maximum Gasteiger partial charge on any atom is -0.00236 e. The van der Waals surface area contributed by atoms with Gasteiger partial charge in [-0.15, -0.1) is 0 Å². The molecule has 0 heteroatoms. The summed E-state index contributed by atoms with van der Waals surface area (Å²) in [4.78, 5) is 0. The lowest BCUT2D eigenvalue weighted by Crippen LogP contribution is -1.96. The number of benzene rings is 6. The standard InChI is InChI=1S/C38H40/c1-2-3-4-5-6-7-8-9-10-11-19-34-35-25-24-30-18-14-17-29-21-23-33(38(35)37(29)30)27-36(34)32-22-20-28-15-12-13-16-31(28)26-32/h12-18,20-27H,2-11,19H2,1H3. The predicted molar refractivity (Wildman–Crippen MR) is 169 cm³/mol. The molecule has 0 saturated carbocycles. The average Bonchev–Trinajstić information content (AvgIpc) is 2.97. The quantitative estimate of drug-likeness (QED) is 0.117. The Balaban J connectivity index is 1.32. The summed E-state index contributed by atoms with van der Waals surface area (Å²) in [6.07, 6.45) is 14.9. The van der Waals surface area contributed by atoms with E-state index in [0.717, 1.165) is 6.42 Å². The van der Waals surface area contributed by atoms with Gasteiger partial charge in [-0.05, 0) is 84.8 Å². The monoisotopic (exact) mass is 496 g/mol. The Kier molecular flexibility index (Phi) is 7.59. The Hall–Kier alpha value is -3.38. The van der Waals surface area contributed by atoms with Crippen LogP contribution in [-0.2, 0) is 6.42 Å². The van der Waals surface area contributed by atoms with Crippen molar-refractivity contribution in [1.29, 1.82) is 0 Å². The fourth-order valence-electron chi connectivity index (χ4n) is 6.54. The fourth-order valence-corrected chi connectivity index (χ4v) is 6.54. The van der Waals surface area contributed by atoms with Crippen LogP contribution in [-0.4, -0.2) is 0 Å². The molecular formula is C38H40. The lowest BCUT2D eigenvalue weighted by Gasteiger charge is -2.19. The molecule has 0 fully saturated rings. The molecule has 6 rings (SSSR count). The summed E-state index contributed by atoms with van der Waals surface area (Å²) in [7, 11) is 0. The molecule has 0 atom stereocenters. The SMILES string of the molecule is CCCCCCCCCCCCc1c(-c2ccc3ccccc3c2)cc2ccc3cccc4ccc1c2c34. The molecule has 6 aromatic carbocycles. The second-order valence-corrected chi connectivity index (χ2v) is 11.3. The van der Waals surface area contributed by atoms with Gasteiger partial charge in [0.1, 0.15) is 0 Å². The van der Waals surface area contributed by atoms with Gasteiger partial charge in [0.2, 0.25) is 0 Å². The summed E-state index contributed by atoms with van der Waals surface area (Å²) in [5.74, 6) is 0.